The molecule has 2 bridgehead atoms. The lowest BCUT2D eigenvalue weighted by atomic mass is 10.1. The zero-order chi connectivity index (χ0) is 15.5. The van der Waals surface area contributed by atoms with E-state index in [1.807, 2.05) is 17.9 Å². The van der Waals surface area contributed by atoms with Gasteiger partial charge in [-0.25, -0.2) is 0 Å². The Morgan fingerprint density at radius 1 is 1.36 bits per heavy atom. The van der Waals surface area contributed by atoms with Crippen molar-refractivity contribution in [3.8, 4) is 5.75 Å². The van der Waals surface area contributed by atoms with Crippen LogP contribution in [0.4, 0.5) is 0 Å². The normalized spacial score (nSPS) is 24.2. The molecule has 1 aromatic carbocycles. The SMILES string of the molecule is CCCOc1ccc(C(=O)N2CC[C@@H]3CC[C@H](C2)N3)cc1Cl. The first-order valence-corrected chi connectivity index (χ1v) is 8.53. The van der Waals surface area contributed by atoms with Gasteiger partial charge in [-0.05, 0) is 43.9 Å². The fourth-order valence-corrected chi connectivity index (χ4v) is 3.51. The van der Waals surface area contributed by atoms with E-state index in [2.05, 4.69) is 5.32 Å². The van der Waals surface area contributed by atoms with Gasteiger partial charge in [0, 0.05) is 30.7 Å². The van der Waals surface area contributed by atoms with E-state index in [1.165, 1.54) is 12.8 Å². The Balaban J connectivity index is 1.70. The van der Waals surface area contributed by atoms with Crippen molar-refractivity contribution in [3.05, 3.63) is 28.8 Å². The van der Waals surface area contributed by atoms with Crippen molar-refractivity contribution in [2.75, 3.05) is 19.7 Å². The van der Waals surface area contributed by atoms with E-state index in [0.717, 1.165) is 25.9 Å². The average molecular weight is 323 g/mol. The zero-order valence-electron chi connectivity index (χ0n) is 13.0. The number of rotatable bonds is 4. The number of ether oxygens (including phenoxy) is 1. The highest BCUT2D eigenvalue weighted by molar-refractivity contribution is 6.32. The summed E-state index contributed by atoms with van der Waals surface area (Å²) in [5.41, 5.74) is 0.645. The van der Waals surface area contributed by atoms with Crippen molar-refractivity contribution in [1.82, 2.24) is 10.2 Å². The molecule has 2 aliphatic rings. The van der Waals surface area contributed by atoms with Gasteiger partial charge >= 0.3 is 0 Å². The van der Waals surface area contributed by atoms with Crippen LogP contribution in [0, 0.1) is 0 Å². The second-order valence-corrected chi connectivity index (χ2v) is 6.58. The van der Waals surface area contributed by atoms with Gasteiger partial charge < -0.3 is 15.0 Å². The number of nitrogens with zero attached hydrogens (tertiary/aromatic N) is 1. The van der Waals surface area contributed by atoms with Gasteiger partial charge in [0.15, 0.2) is 0 Å². The van der Waals surface area contributed by atoms with Crippen LogP contribution in [0.1, 0.15) is 43.0 Å². The molecule has 2 atom stereocenters. The van der Waals surface area contributed by atoms with E-state index in [0.29, 0.717) is 35.0 Å². The molecule has 120 valence electrons. The van der Waals surface area contributed by atoms with E-state index in [1.54, 1.807) is 12.1 Å². The Labute approximate surface area is 136 Å². The lowest BCUT2D eigenvalue weighted by Crippen LogP contribution is -2.39. The Hall–Kier alpha value is -1.26. The van der Waals surface area contributed by atoms with E-state index in [-0.39, 0.29) is 5.91 Å². The molecule has 0 aliphatic carbocycles. The molecule has 0 aromatic heterocycles. The maximum absolute atomic E-state index is 12.7. The van der Waals surface area contributed by atoms with Crippen LogP contribution in [0.5, 0.6) is 5.75 Å². The number of likely N-dealkylation sites (tertiary alicyclic amines) is 1. The molecule has 22 heavy (non-hydrogen) atoms. The number of amides is 1. The molecule has 0 spiro atoms. The maximum Gasteiger partial charge on any atom is 0.253 e. The maximum atomic E-state index is 12.7. The van der Waals surface area contributed by atoms with Gasteiger partial charge in [-0.15, -0.1) is 0 Å². The van der Waals surface area contributed by atoms with Crippen molar-refractivity contribution < 1.29 is 9.53 Å². The molecule has 4 nitrogen and oxygen atoms in total. The van der Waals surface area contributed by atoms with Crippen molar-refractivity contribution in [3.63, 3.8) is 0 Å². The monoisotopic (exact) mass is 322 g/mol. The minimum absolute atomic E-state index is 0.0679. The highest BCUT2D eigenvalue weighted by Crippen LogP contribution is 2.27. The highest BCUT2D eigenvalue weighted by atomic mass is 35.5. The quantitative estimate of drug-likeness (QED) is 0.926. The molecule has 5 heteroatoms. The molecule has 1 aromatic rings. The first-order chi connectivity index (χ1) is 10.7. The van der Waals surface area contributed by atoms with Crippen molar-refractivity contribution in [1.29, 1.82) is 0 Å². The smallest absolute Gasteiger partial charge is 0.253 e. The van der Waals surface area contributed by atoms with Gasteiger partial charge in [0.05, 0.1) is 11.6 Å². The second-order valence-electron chi connectivity index (χ2n) is 6.17. The number of hydrogen-bond donors (Lipinski definition) is 1. The van der Waals surface area contributed by atoms with Crippen molar-refractivity contribution in [2.24, 2.45) is 0 Å². The standard InChI is InChI=1S/C17H23ClN2O2/c1-2-9-22-16-6-3-12(10-15(16)18)17(21)20-8-7-13-4-5-14(11-20)19-13/h3,6,10,13-14,19H,2,4-5,7-9,11H2,1H3/t13-,14+/m0/s1. The number of fused-ring (bicyclic) bond motifs is 2. The molecular weight excluding hydrogens is 300 g/mol. The predicted octanol–water partition coefficient (Wildman–Crippen LogP) is 3.10. The van der Waals surface area contributed by atoms with Crippen molar-refractivity contribution >= 4 is 17.5 Å². The summed E-state index contributed by atoms with van der Waals surface area (Å²) in [5.74, 6) is 0.718. The van der Waals surface area contributed by atoms with Crippen LogP contribution in [-0.4, -0.2) is 42.6 Å². The number of nitrogens with one attached hydrogen (secondary N) is 1. The van der Waals surface area contributed by atoms with E-state index in [4.69, 9.17) is 16.3 Å². The van der Waals surface area contributed by atoms with Crippen LogP contribution in [-0.2, 0) is 0 Å². The number of benzene rings is 1. The Bertz CT molecular complexity index is 549. The first kappa shape index (κ1) is 15.6. The minimum atomic E-state index is 0.0679. The molecule has 2 saturated heterocycles. The molecule has 0 unspecified atom stereocenters. The topological polar surface area (TPSA) is 41.6 Å². The fourth-order valence-electron chi connectivity index (χ4n) is 3.27. The lowest BCUT2D eigenvalue weighted by Gasteiger charge is -2.24. The van der Waals surface area contributed by atoms with Crippen LogP contribution in [0.15, 0.2) is 18.2 Å². The molecular formula is C17H23ClN2O2. The van der Waals surface area contributed by atoms with Crippen LogP contribution in [0.2, 0.25) is 5.02 Å². The summed E-state index contributed by atoms with van der Waals surface area (Å²) in [6, 6.07) is 6.37. The van der Waals surface area contributed by atoms with Crippen molar-refractivity contribution in [2.45, 2.75) is 44.7 Å². The summed E-state index contributed by atoms with van der Waals surface area (Å²) in [5, 5.41) is 4.10. The molecule has 2 aliphatic heterocycles. The van der Waals surface area contributed by atoms with Gasteiger partial charge in [0.2, 0.25) is 0 Å². The number of carbonyl (C=O) groups is 1. The number of halogens is 1. The third-order valence-corrected chi connectivity index (χ3v) is 4.75. The molecule has 2 fully saturated rings. The Kier molecular flexibility index (Phi) is 4.89. The summed E-state index contributed by atoms with van der Waals surface area (Å²) in [4.78, 5) is 14.7. The van der Waals surface area contributed by atoms with E-state index in [9.17, 15) is 4.79 Å². The van der Waals surface area contributed by atoms with Crippen LogP contribution >= 0.6 is 11.6 Å². The molecule has 1 amide bonds. The number of carbonyl (C=O) groups excluding carboxylic acids is 1. The van der Waals surface area contributed by atoms with E-state index >= 15 is 0 Å². The van der Waals surface area contributed by atoms with Gasteiger partial charge in [-0.3, -0.25) is 4.79 Å². The average Bonchev–Trinajstić information content (AvgIpc) is 2.84. The summed E-state index contributed by atoms with van der Waals surface area (Å²) < 4.78 is 5.56. The number of hydrogen-bond acceptors (Lipinski definition) is 3. The Morgan fingerprint density at radius 3 is 2.95 bits per heavy atom. The van der Waals surface area contributed by atoms with Gasteiger partial charge in [-0.1, -0.05) is 18.5 Å². The lowest BCUT2D eigenvalue weighted by molar-refractivity contribution is 0.0748. The summed E-state index contributed by atoms with van der Waals surface area (Å²) in [6.07, 6.45) is 4.37. The summed E-state index contributed by atoms with van der Waals surface area (Å²) in [6.45, 7) is 4.29. The summed E-state index contributed by atoms with van der Waals surface area (Å²) in [7, 11) is 0. The summed E-state index contributed by atoms with van der Waals surface area (Å²) >= 11 is 6.24. The van der Waals surface area contributed by atoms with E-state index < -0.39 is 0 Å². The van der Waals surface area contributed by atoms with Gasteiger partial charge in [0.25, 0.3) is 5.91 Å². The third kappa shape index (κ3) is 3.39. The molecule has 0 saturated carbocycles. The largest absolute Gasteiger partial charge is 0.492 e. The molecule has 3 rings (SSSR count). The molecule has 0 radical (unpaired) electrons. The predicted molar refractivity (Wildman–Crippen MR) is 87.7 cm³/mol. The van der Waals surface area contributed by atoms with Crippen LogP contribution in [0.3, 0.4) is 0 Å². The fraction of sp³-hybridized carbons (Fsp3) is 0.588. The second kappa shape index (κ2) is 6.88. The van der Waals surface area contributed by atoms with Crippen LogP contribution in [0.25, 0.3) is 0 Å². The molecule has 2 heterocycles. The van der Waals surface area contributed by atoms with Gasteiger partial charge in [0.1, 0.15) is 5.75 Å². The molecule has 1 N–H and O–H groups in total. The first-order valence-electron chi connectivity index (χ1n) is 8.15. The van der Waals surface area contributed by atoms with Crippen LogP contribution < -0.4 is 10.1 Å². The van der Waals surface area contributed by atoms with Gasteiger partial charge in [-0.2, -0.15) is 0 Å². The third-order valence-electron chi connectivity index (χ3n) is 4.45. The zero-order valence-corrected chi connectivity index (χ0v) is 13.7. The minimum Gasteiger partial charge on any atom is -0.492 e. The Morgan fingerprint density at radius 2 is 2.18 bits per heavy atom. The highest BCUT2D eigenvalue weighted by Gasteiger charge is 2.31.